The van der Waals surface area contributed by atoms with Gasteiger partial charge in [-0.2, -0.15) is 13.2 Å². The molecule has 13 heteroatoms. The molecule has 1 aliphatic heterocycles. The van der Waals surface area contributed by atoms with E-state index >= 15 is 0 Å². The van der Waals surface area contributed by atoms with E-state index in [9.17, 15) is 36.3 Å². The Morgan fingerprint density at radius 3 is 2.48 bits per heavy atom. The number of fused-ring (bicyclic) bond motifs is 1. The lowest BCUT2D eigenvalue weighted by molar-refractivity contribution is -0.242. The van der Waals surface area contributed by atoms with E-state index < -0.39 is 45.9 Å². The molecular weight excluding hydrogens is 553 g/mol. The van der Waals surface area contributed by atoms with Gasteiger partial charge in [-0.3, -0.25) is 14.4 Å². The van der Waals surface area contributed by atoms with Crippen molar-refractivity contribution in [1.82, 2.24) is 0 Å². The van der Waals surface area contributed by atoms with Gasteiger partial charge in [0.2, 0.25) is 5.60 Å². The van der Waals surface area contributed by atoms with Crippen LogP contribution in [-0.2, 0) is 19.6 Å². The predicted molar refractivity (Wildman–Crippen MR) is 140 cm³/mol. The molecule has 218 valence electrons. The third-order valence-electron chi connectivity index (χ3n) is 7.05. The van der Waals surface area contributed by atoms with E-state index in [1.165, 1.54) is 24.3 Å². The highest BCUT2D eigenvalue weighted by molar-refractivity contribution is 7.92. The Morgan fingerprint density at radius 1 is 1.18 bits per heavy atom. The standard InChI is InChI=1S/C27H31F3N2O7S/c1-4-16(24(33)34)12-20-15-32(40(36,37)21-7-5-6-18(13-21)17-8-9-17)22-14-19(10-11-23(22)38-20)31-25(35)39-26(2,3)27(28,29)30/h5-7,10-11,13-14,16-17,20H,4,8-9,12,15H2,1-3H3,(H,31,35)(H,33,34)/t16-,20+/m1/s1. The largest absolute Gasteiger partial charge is 0.486 e. The highest BCUT2D eigenvalue weighted by atomic mass is 32.2. The predicted octanol–water partition coefficient (Wildman–Crippen LogP) is 5.91. The molecule has 9 nitrogen and oxygen atoms in total. The summed E-state index contributed by atoms with van der Waals surface area (Å²) >= 11 is 0. The summed E-state index contributed by atoms with van der Waals surface area (Å²) in [5, 5.41) is 11.7. The highest BCUT2D eigenvalue weighted by Crippen LogP contribution is 2.43. The maximum Gasteiger partial charge on any atom is 0.427 e. The molecule has 1 amide bonds. The van der Waals surface area contributed by atoms with Crippen molar-refractivity contribution < 1.29 is 45.8 Å². The summed E-state index contributed by atoms with van der Waals surface area (Å²) in [5.41, 5.74) is -1.84. The number of rotatable bonds is 9. The number of carbonyl (C=O) groups is 2. The highest BCUT2D eigenvalue weighted by Gasteiger charge is 2.51. The summed E-state index contributed by atoms with van der Waals surface area (Å²) in [5.74, 6) is -1.37. The van der Waals surface area contributed by atoms with Gasteiger partial charge >= 0.3 is 18.2 Å². The van der Waals surface area contributed by atoms with Gasteiger partial charge in [-0.1, -0.05) is 19.1 Å². The van der Waals surface area contributed by atoms with Crippen LogP contribution in [0.15, 0.2) is 47.4 Å². The summed E-state index contributed by atoms with van der Waals surface area (Å²) < 4.78 is 78.9. The molecule has 0 aromatic heterocycles. The van der Waals surface area contributed by atoms with Crippen LogP contribution in [0.1, 0.15) is 57.9 Å². The van der Waals surface area contributed by atoms with Crippen molar-refractivity contribution in [1.29, 1.82) is 0 Å². The van der Waals surface area contributed by atoms with Crippen LogP contribution in [0.4, 0.5) is 29.3 Å². The summed E-state index contributed by atoms with van der Waals surface area (Å²) in [4.78, 5) is 24.0. The van der Waals surface area contributed by atoms with Crippen molar-refractivity contribution in [3.63, 3.8) is 0 Å². The zero-order valence-corrected chi connectivity index (χ0v) is 23.0. The number of sulfonamides is 1. The fourth-order valence-corrected chi connectivity index (χ4v) is 5.96. The van der Waals surface area contributed by atoms with Crippen molar-refractivity contribution in [2.45, 2.75) is 75.1 Å². The smallest absolute Gasteiger partial charge is 0.427 e. The number of ether oxygens (including phenoxy) is 2. The van der Waals surface area contributed by atoms with E-state index in [0.29, 0.717) is 26.2 Å². The van der Waals surface area contributed by atoms with Gasteiger partial charge in [-0.25, -0.2) is 13.2 Å². The van der Waals surface area contributed by atoms with Crippen LogP contribution in [0.3, 0.4) is 0 Å². The Hall–Kier alpha value is -3.48. The molecule has 0 saturated heterocycles. The number of carboxylic acid groups (broad SMARTS) is 1. The molecule has 1 aliphatic carbocycles. The normalized spacial score (nSPS) is 18.4. The summed E-state index contributed by atoms with van der Waals surface area (Å²) in [6.45, 7) is 2.92. The van der Waals surface area contributed by atoms with Crippen molar-refractivity contribution in [2.75, 3.05) is 16.2 Å². The first-order valence-corrected chi connectivity index (χ1v) is 14.3. The molecule has 0 bridgehead atoms. The van der Waals surface area contributed by atoms with Crippen molar-refractivity contribution in [2.24, 2.45) is 5.92 Å². The first kappa shape index (κ1) is 29.5. The van der Waals surface area contributed by atoms with Crippen LogP contribution in [-0.4, -0.2) is 50.0 Å². The number of hydrogen-bond donors (Lipinski definition) is 2. The van der Waals surface area contributed by atoms with Gasteiger partial charge in [0.05, 0.1) is 23.0 Å². The molecular formula is C27H31F3N2O7S. The fourth-order valence-electron chi connectivity index (χ4n) is 4.41. The lowest BCUT2D eigenvalue weighted by Gasteiger charge is -2.36. The SMILES string of the molecule is CC[C@H](C[C@H]1CN(S(=O)(=O)c2cccc(C3CC3)c2)c2cc(NC(=O)OC(C)(C)C(F)(F)F)ccc2O1)C(=O)O. The molecule has 0 unspecified atom stereocenters. The topological polar surface area (TPSA) is 122 Å². The van der Waals surface area contributed by atoms with E-state index in [1.54, 1.807) is 19.1 Å². The zero-order chi connectivity index (χ0) is 29.5. The molecule has 2 aliphatic rings. The Morgan fingerprint density at radius 2 is 1.88 bits per heavy atom. The summed E-state index contributed by atoms with van der Waals surface area (Å²) in [6, 6.07) is 10.6. The molecule has 0 spiro atoms. The minimum Gasteiger partial charge on any atom is -0.486 e. The van der Waals surface area contributed by atoms with Gasteiger partial charge in [0, 0.05) is 5.69 Å². The zero-order valence-electron chi connectivity index (χ0n) is 22.2. The molecule has 0 radical (unpaired) electrons. The van der Waals surface area contributed by atoms with Crippen molar-refractivity contribution >= 4 is 33.5 Å². The molecule has 4 rings (SSSR count). The average Bonchev–Trinajstić information content (AvgIpc) is 3.71. The van der Waals surface area contributed by atoms with Crippen LogP contribution >= 0.6 is 0 Å². The van der Waals surface area contributed by atoms with Crippen LogP contribution in [0.5, 0.6) is 5.75 Å². The number of nitrogens with one attached hydrogen (secondary N) is 1. The van der Waals surface area contributed by atoms with Gasteiger partial charge in [0.25, 0.3) is 10.0 Å². The second-order valence-electron chi connectivity index (χ2n) is 10.5. The van der Waals surface area contributed by atoms with Gasteiger partial charge in [-0.15, -0.1) is 0 Å². The van der Waals surface area contributed by atoms with Crippen LogP contribution < -0.4 is 14.4 Å². The number of carboxylic acids is 1. The van der Waals surface area contributed by atoms with Gasteiger partial charge < -0.3 is 14.6 Å². The van der Waals surface area contributed by atoms with Crippen LogP contribution in [0.2, 0.25) is 0 Å². The molecule has 2 atom stereocenters. The molecule has 1 heterocycles. The van der Waals surface area contributed by atoms with E-state index in [-0.39, 0.29) is 35.0 Å². The molecule has 2 N–H and O–H groups in total. The number of halogens is 3. The summed E-state index contributed by atoms with van der Waals surface area (Å²) in [6.07, 6.45) is -4.67. The summed E-state index contributed by atoms with van der Waals surface area (Å²) in [7, 11) is -4.18. The van der Waals surface area contributed by atoms with Crippen LogP contribution in [0.25, 0.3) is 0 Å². The number of nitrogens with zero attached hydrogens (tertiary/aromatic N) is 1. The average molecular weight is 585 g/mol. The van der Waals surface area contributed by atoms with E-state index in [0.717, 1.165) is 22.7 Å². The Kier molecular flexibility index (Phi) is 7.99. The second kappa shape index (κ2) is 10.8. The minimum absolute atomic E-state index is 0.0207. The quantitative estimate of drug-likeness (QED) is 0.376. The minimum atomic E-state index is -4.81. The number of alkyl halides is 3. The van der Waals surface area contributed by atoms with Gasteiger partial charge in [-0.05, 0) is 81.3 Å². The third-order valence-corrected chi connectivity index (χ3v) is 8.83. The number of aliphatic carboxylic acids is 1. The first-order valence-electron chi connectivity index (χ1n) is 12.9. The molecule has 1 saturated carbocycles. The van der Waals surface area contributed by atoms with Gasteiger partial charge in [0.1, 0.15) is 11.9 Å². The fraction of sp³-hybridized carbons (Fsp3) is 0.481. The van der Waals surface area contributed by atoms with Crippen molar-refractivity contribution in [3.05, 3.63) is 48.0 Å². The Bertz CT molecular complexity index is 1390. The number of benzene rings is 2. The number of amides is 1. The van der Waals surface area contributed by atoms with E-state index in [4.69, 9.17) is 4.74 Å². The monoisotopic (exact) mass is 584 g/mol. The Balaban J connectivity index is 1.68. The van der Waals surface area contributed by atoms with E-state index in [1.807, 2.05) is 6.07 Å². The first-order chi connectivity index (χ1) is 18.6. The lowest BCUT2D eigenvalue weighted by Crippen LogP contribution is -2.45. The number of hydrogen-bond acceptors (Lipinski definition) is 6. The maximum atomic E-state index is 13.9. The molecule has 2 aromatic carbocycles. The number of carbonyl (C=O) groups excluding carboxylic acids is 1. The maximum absolute atomic E-state index is 13.9. The second-order valence-corrected chi connectivity index (χ2v) is 12.4. The molecule has 40 heavy (non-hydrogen) atoms. The van der Waals surface area contributed by atoms with Gasteiger partial charge in [0.15, 0.2) is 0 Å². The Labute approximate surface area is 230 Å². The third kappa shape index (κ3) is 6.29. The van der Waals surface area contributed by atoms with E-state index in [2.05, 4.69) is 10.1 Å². The van der Waals surface area contributed by atoms with Crippen LogP contribution in [0, 0.1) is 5.92 Å². The number of anilines is 2. The lowest BCUT2D eigenvalue weighted by atomic mass is 9.98. The molecule has 2 aromatic rings. The molecule has 1 fully saturated rings. The van der Waals surface area contributed by atoms with Crippen molar-refractivity contribution in [3.8, 4) is 5.75 Å².